The predicted octanol–water partition coefficient (Wildman–Crippen LogP) is 12.7. The summed E-state index contributed by atoms with van der Waals surface area (Å²) in [6.45, 7) is 12.6. The maximum atomic E-state index is 14.7. The highest BCUT2D eigenvalue weighted by atomic mass is 16.5. The molecule has 10 rings (SSSR count). The molecule has 0 bridgehead atoms. The zero-order valence-electron chi connectivity index (χ0n) is 51.2. The summed E-state index contributed by atoms with van der Waals surface area (Å²) in [7, 11) is 14.1. The Morgan fingerprint density at radius 2 is 0.976 bits per heavy atom. The van der Waals surface area contributed by atoms with Gasteiger partial charge in [0.2, 0.25) is 0 Å². The molecule has 4 heterocycles. The number of likely N-dealkylation sites (tertiary alicyclic amines) is 1. The summed E-state index contributed by atoms with van der Waals surface area (Å²) < 4.78 is 36.2. The molecule has 1 unspecified atom stereocenters. The monoisotopic (exact) mass is 1150 g/mol. The van der Waals surface area contributed by atoms with E-state index < -0.39 is 0 Å². The second-order valence-electron chi connectivity index (χ2n) is 22.8. The Morgan fingerprint density at radius 1 is 0.506 bits per heavy atom. The minimum absolute atomic E-state index is 0.0262. The highest BCUT2D eigenvalue weighted by Crippen LogP contribution is 2.42. The number of Topliss-reactive ketones (excluding diaryl/α,β-unsaturated/α-hetero) is 5. The summed E-state index contributed by atoms with van der Waals surface area (Å²) in [6.07, 6.45) is 3.66. The molecule has 1 saturated heterocycles. The standard InChI is InChI=1S/C69H80N6O10/c1-12-72(13-2)31-32-75-54-21-20-43(33-50(54)69-55(75)18-14-19-64(69)81-7)60(77)22-23-61(78)51-36-48-49-37-53(67(84-10)40-57(49)73(29-16-27-70(4)5)56(48)39-66(51)83-9)63(80)25-24-62(79)52-35-47-46-34-45(42(3)76)65(82-8)38-58(46)74(59(47)41-68(52)85-11)30-26-44-17-15-28-71(44)6/h14,18-21,33-41,44H,12-13,15-17,22-32H2,1-11H3. The fourth-order valence-electron chi connectivity index (χ4n) is 13.0. The third kappa shape index (κ3) is 11.6. The molecule has 1 aliphatic heterocycles. The van der Waals surface area contributed by atoms with Gasteiger partial charge in [0, 0.05) is 126 Å². The molecule has 3 aromatic heterocycles. The normalized spacial score (nSPS) is 13.9. The lowest BCUT2D eigenvalue weighted by Crippen LogP contribution is -2.26. The van der Waals surface area contributed by atoms with E-state index in [4.69, 9.17) is 23.7 Å². The van der Waals surface area contributed by atoms with E-state index in [0.29, 0.717) is 69.9 Å². The number of hydrogen-bond donors (Lipinski definition) is 0. The van der Waals surface area contributed by atoms with Crippen LogP contribution >= 0.6 is 0 Å². The maximum Gasteiger partial charge on any atom is 0.167 e. The summed E-state index contributed by atoms with van der Waals surface area (Å²) in [4.78, 5) is 77.8. The van der Waals surface area contributed by atoms with Crippen LogP contribution in [0.2, 0.25) is 0 Å². The van der Waals surface area contributed by atoms with Crippen LogP contribution in [0.4, 0.5) is 0 Å². The summed E-state index contributed by atoms with van der Waals surface area (Å²) in [5.41, 5.74) is 7.34. The van der Waals surface area contributed by atoms with Gasteiger partial charge in [-0.2, -0.15) is 0 Å². The molecule has 16 nitrogen and oxygen atoms in total. The minimum atomic E-state index is -0.295. The van der Waals surface area contributed by atoms with Crippen LogP contribution in [0.1, 0.15) is 124 Å². The quantitative estimate of drug-likeness (QED) is 0.0427. The van der Waals surface area contributed by atoms with Crippen molar-refractivity contribution in [1.82, 2.24) is 28.4 Å². The van der Waals surface area contributed by atoms with E-state index in [9.17, 15) is 24.0 Å². The molecule has 9 aromatic rings. The van der Waals surface area contributed by atoms with E-state index in [1.807, 2.05) is 93.0 Å². The number of ether oxygens (including phenoxy) is 5. The molecule has 0 radical (unpaired) electrons. The molecule has 0 amide bonds. The third-order valence-corrected chi connectivity index (χ3v) is 17.7. The van der Waals surface area contributed by atoms with E-state index >= 15 is 0 Å². The largest absolute Gasteiger partial charge is 0.496 e. The summed E-state index contributed by atoms with van der Waals surface area (Å²) in [6, 6.07) is 27.1. The van der Waals surface area contributed by atoms with Crippen molar-refractivity contribution in [2.24, 2.45) is 0 Å². The lowest BCUT2D eigenvalue weighted by molar-refractivity contribution is 0.0914. The average Bonchev–Trinajstić information content (AvgIpc) is 1.93. The van der Waals surface area contributed by atoms with Crippen molar-refractivity contribution in [3.63, 3.8) is 0 Å². The predicted molar refractivity (Wildman–Crippen MR) is 338 cm³/mol. The Balaban J connectivity index is 0.950. The zero-order chi connectivity index (χ0) is 60.4. The average molecular weight is 1150 g/mol. The number of nitrogens with zero attached hydrogens (tertiary/aromatic N) is 6. The van der Waals surface area contributed by atoms with Crippen LogP contribution in [0, 0.1) is 0 Å². The first-order valence-corrected chi connectivity index (χ1v) is 29.8. The lowest BCUT2D eigenvalue weighted by Gasteiger charge is -2.20. The number of benzene rings is 6. The number of fused-ring (bicyclic) bond motifs is 9. The van der Waals surface area contributed by atoms with Gasteiger partial charge in [-0.3, -0.25) is 24.0 Å². The van der Waals surface area contributed by atoms with Crippen LogP contribution in [-0.2, 0) is 19.6 Å². The first-order chi connectivity index (χ1) is 41.1. The van der Waals surface area contributed by atoms with E-state index in [2.05, 4.69) is 55.4 Å². The lowest BCUT2D eigenvalue weighted by atomic mass is 9.96. The number of rotatable bonds is 28. The van der Waals surface area contributed by atoms with Crippen molar-refractivity contribution < 1.29 is 47.7 Å². The first kappa shape index (κ1) is 60.1. The number of aryl methyl sites for hydroxylation is 2. The second kappa shape index (κ2) is 25.7. The van der Waals surface area contributed by atoms with Gasteiger partial charge < -0.3 is 52.1 Å². The van der Waals surface area contributed by atoms with Crippen molar-refractivity contribution in [1.29, 1.82) is 0 Å². The number of carbonyl (C=O) groups is 5. The van der Waals surface area contributed by atoms with E-state index in [1.54, 1.807) is 21.3 Å². The minimum Gasteiger partial charge on any atom is -0.496 e. The molecular weight excluding hydrogens is 1070 g/mol. The van der Waals surface area contributed by atoms with Crippen LogP contribution in [0.15, 0.2) is 84.9 Å². The molecular formula is C69H80N6O10. The number of likely N-dealkylation sites (N-methyl/N-ethyl adjacent to an activating group) is 1. The van der Waals surface area contributed by atoms with Gasteiger partial charge in [-0.25, -0.2) is 0 Å². The van der Waals surface area contributed by atoms with Crippen molar-refractivity contribution in [2.45, 2.75) is 97.8 Å². The molecule has 85 heavy (non-hydrogen) atoms. The number of carbonyl (C=O) groups excluding carboxylic acids is 5. The highest BCUT2D eigenvalue weighted by molar-refractivity contribution is 6.18. The Labute approximate surface area is 497 Å². The number of hydrogen-bond acceptors (Lipinski definition) is 13. The Hall–Kier alpha value is -8.05. The number of aromatic nitrogens is 3. The molecule has 0 aliphatic carbocycles. The Morgan fingerprint density at radius 3 is 1.44 bits per heavy atom. The molecule has 0 saturated carbocycles. The fraction of sp³-hybridized carbons (Fsp3) is 0.406. The van der Waals surface area contributed by atoms with Gasteiger partial charge in [0.25, 0.3) is 0 Å². The SMILES string of the molecule is CCN(CC)CCn1c2ccc(C(=O)CCC(=O)c3cc4c5cc(C(=O)CCC(=O)c6cc7c8cc(C(C)=O)c(OC)cc8n(CCC8CCCN8C)c7cc6OC)c(OC)cc5n(CCCN(C)C)c4cc3OC)cc2c2c(OC)cccc21. The smallest absolute Gasteiger partial charge is 0.167 e. The molecule has 1 atom stereocenters. The van der Waals surface area contributed by atoms with E-state index in [1.165, 1.54) is 21.1 Å². The number of ketones is 5. The fourth-order valence-corrected chi connectivity index (χ4v) is 13.0. The van der Waals surface area contributed by atoms with Crippen molar-refractivity contribution in [2.75, 3.05) is 89.4 Å². The Kier molecular flexibility index (Phi) is 18.1. The van der Waals surface area contributed by atoms with Crippen LogP contribution in [0.3, 0.4) is 0 Å². The summed E-state index contributed by atoms with van der Waals surface area (Å²) >= 11 is 0. The van der Waals surface area contributed by atoms with Gasteiger partial charge in [0.05, 0.1) is 85.4 Å². The van der Waals surface area contributed by atoms with Crippen molar-refractivity contribution >= 4 is 94.3 Å². The molecule has 446 valence electrons. The van der Waals surface area contributed by atoms with Gasteiger partial charge in [-0.05, 0) is 135 Å². The Bertz CT molecular complexity index is 4070. The van der Waals surface area contributed by atoms with Gasteiger partial charge in [0.1, 0.15) is 28.7 Å². The van der Waals surface area contributed by atoms with Crippen molar-refractivity contribution in [3.05, 3.63) is 113 Å². The topological polar surface area (TPSA) is 156 Å². The summed E-state index contributed by atoms with van der Waals surface area (Å²) in [5, 5.41) is 4.95. The molecule has 0 spiro atoms. The van der Waals surface area contributed by atoms with Crippen LogP contribution in [0.25, 0.3) is 65.4 Å². The third-order valence-electron chi connectivity index (χ3n) is 17.7. The van der Waals surface area contributed by atoms with Crippen LogP contribution in [0.5, 0.6) is 28.7 Å². The van der Waals surface area contributed by atoms with Crippen LogP contribution in [-0.4, -0.2) is 153 Å². The zero-order valence-corrected chi connectivity index (χ0v) is 51.2. The number of methoxy groups -OCH3 is 5. The molecule has 1 aliphatic rings. The summed E-state index contributed by atoms with van der Waals surface area (Å²) in [5.74, 6) is 1.22. The molecule has 6 aromatic carbocycles. The maximum absolute atomic E-state index is 14.7. The van der Waals surface area contributed by atoms with E-state index in [-0.39, 0.29) is 54.6 Å². The van der Waals surface area contributed by atoms with Gasteiger partial charge in [0.15, 0.2) is 28.9 Å². The molecule has 1 fully saturated rings. The van der Waals surface area contributed by atoms with Gasteiger partial charge in [-0.15, -0.1) is 0 Å². The first-order valence-electron chi connectivity index (χ1n) is 29.8. The van der Waals surface area contributed by atoms with Gasteiger partial charge in [-0.1, -0.05) is 19.9 Å². The van der Waals surface area contributed by atoms with Crippen molar-refractivity contribution in [3.8, 4) is 28.7 Å². The highest BCUT2D eigenvalue weighted by Gasteiger charge is 2.28. The van der Waals surface area contributed by atoms with Gasteiger partial charge >= 0.3 is 0 Å². The molecule has 0 N–H and O–H groups in total. The van der Waals surface area contributed by atoms with Crippen LogP contribution < -0.4 is 23.7 Å². The second-order valence-corrected chi connectivity index (χ2v) is 22.8. The molecule has 16 heteroatoms. The van der Waals surface area contributed by atoms with E-state index in [0.717, 1.165) is 136 Å².